The predicted octanol–water partition coefficient (Wildman–Crippen LogP) is 8.35. The summed E-state index contributed by atoms with van der Waals surface area (Å²) in [6.07, 6.45) is 0. The van der Waals surface area contributed by atoms with Crippen LogP contribution in [-0.2, 0) is 0 Å². The maximum absolute atomic E-state index is 6.51. The Morgan fingerprint density at radius 2 is 1.25 bits per heavy atom. The molecule has 0 spiro atoms. The van der Waals surface area contributed by atoms with Crippen LogP contribution in [0.15, 0.2) is 108 Å². The van der Waals surface area contributed by atoms with E-state index in [0.29, 0.717) is 0 Å². The molecule has 0 atom stereocenters. The zero-order valence-corrected chi connectivity index (χ0v) is 19.1. The lowest BCUT2D eigenvalue weighted by Gasteiger charge is -2.04. The van der Waals surface area contributed by atoms with Crippen LogP contribution in [-0.4, -0.2) is 14.4 Å². The molecule has 5 aromatic carbocycles. The zero-order valence-electron chi connectivity index (χ0n) is 19.1. The SMILES string of the molecule is c1ccc(-c2cc3c4ccc5c6ccccc6oc5c4n4c5nc6ccccc6nc5c(c2)c34)cc1. The van der Waals surface area contributed by atoms with Gasteiger partial charge in [0.25, 0.3) is 0 Å². The first kappa shape index (κ1) is 18.4. The molecule has 4 nitrogen and oxygen atoms in total. The Morgan fingerprint density at radius 3 is 2.14 bits per heavy atom. The number of nitrogens with zero attached hydrogens (tertiary/aromatic N) is 3. The molecule has 0 bridgehead atoms. The summed E-state index contributed by atoms with van der Waals surface area (Å²) in [6.45, 7) is 0. The van der Waals surface area contributed by atoms with Gasteiger partial charge in [-0.2, -0.15) is 0 Å². The molecule has 0 unspecified atom stereocenters. The van der Waals surface area contributed by atoms with E-state index in [1.54, 1.807) is 0 Å². The van der Waals surface area contributed by atoms with Crippen LogP contribution in [0.3, 0.4) is 0 Å². The van der Waals surface area contributed by atoms with Gasteiger partial charge in [0, 0.05) is 26.9 Å². The lowest BCUT2D eigenvalue weighted by Crippen LogP contribution is -1.89. The van der Waals surface area contributed by atoms with Crippen molar-refractivity contribution in [3.05, 3.63) is 103 Å². The highest BCUT2D eigenvalue weighted by molar-refractivity contribution is 6.28. The topological polar surface area (TPSA) is 43.3 Å². The van der Waals surface area contributed by atoms with Gasteiger partial charge in [0.05, 0.1) is 22.1 Å². The highest BCUT2D eigenvalue weighted by Gasteiger charge is 2.24. The van der Waals surface area contributed by atoms with E-state index in [4.69, 9.17) is 14.4 Å². The summed E-state index contributed by atoms with van der Waals surface area (Å²) in [5.41, 5.74) is 9.90. The van der Waals surface area contributed by atoms with E-state index in [-0.39, 0.29) is 0 Å². The minimum atomic E-state index is 0.863. The Balaban J connectivity index is 1.58. The predicted molar refractivity (Wildman–Crippen MR) is 147 cm³/mol. The average Bonchev–Trinajstić information content (AvgIpc) is 3.58. The second-order valence-electron chi connectivity index (χ2n) is 9.44. The maximum atomic E-state index is 6.51. The number of hydrogen-bond donors (Lipinski definition) is 0. The highest BCUT2D eigenvalue weighted by atomic mass is 16.3. The molecule has 0 aliphatic heterocycles. The lowest BCUT2D eigenvalue weighted by molar-refractivity contribution is 0.671. The number of fused-ring (bicyclic) bond motifs is 11. The second-order valence-corrected chi connectivity index (χ2v) is 9.44. The van der Waals surface area contributed by atoms with Crippen LogP contribution in [0.1, 0.15) is 0 Å². The molecule has 4 aromatic heterocycles. The third-order valence-corrected chi connectivity index (χ3v) is 7.49. The summed E-state index contributed by atoms with van der Waals surface area (Å²) >= 11 is 0. The van der Waals surface area contributed by atoms with Gasteiger partial charge in [-0.05, 0) is 47.5 Å². The molecule has 0 fully saturated rings. The molecule has 0 saturated carbocycles. The van der Waals surface area contributed by atoms with Crippen molar-refractivity contribution in [1.29, 1.82) is 0 Å². The summed E-state index contributed by atoms with van der Waals surface area (Å²) in [6, 6.07) is 35.9. The lowest BCUT2D eigenvalue weighted by atomic mass is 10.00. The molecular formula is C32H17N3O. The van der Waals surface area contributed by atoms with Gasteiger partial charge in [0.2, 0.25) is 0 Å². The van der Waals surface area contributed by atoms with Crippen molar-refractivity contribution in [2.75, 3.05) is 0 Å². The van der Waals surface area contributed by atoms with Crippen LogP contribution in [0, 0.1) is 0 Å². The molecule has 9 rings (SSSR count). The van der Waals surface area contributed by atoms with Crippen molar-refractivity contribution in [2.24, 2.45) is 0 Å². The Kier molecular flexibility index (Phi) is 3.25. The van der Waals surface area contributed by atoms with Gasteiger partial charge in [-0.25, -0.2) is 9.97 Å². The molecule has 9 aromatic rings. The molecule has 0 saturated heterocycles. The standard InChI is InChI=1S/C32H17N3O/c1-2-8-18(9-3-1)19-16-23-21-14-15-22-20-10-4-7-13-27(20)36-31(22)30(21)35-29(23)24(17-19)28-32(35)34-26-12-6-5-11-25(26)33-28/h1-17H. The third kappa shape index (κ3) is 2.19. The summed E-state index contributed by atoms with van der Waals surface area (Å²) in [5, 5.41) is 5.70. The van der Waals surface area contributed by atoms with Gasteiger partial charge < -0.3 is 4.42 Å². The number of hydrogen-bond acceptors (Lipinski definition) is 3. The van der Waals surface area contributed by atoms with E-state index in [2.05, 4.69) is 71.1 Å². The van der Waals surface area contributed by atoms with Crippen molar-refractivity contribution in [2.45, 2.75) is 0 Å². The molecule has 36 heavy (non-hydrogen) atoms. The molecule has 166 valence electrons. The van der Waals surface area contributed by atoms with Crippen LogP contribution >= 0.6 is 0 Å². The maximum Gasteiger partial charge on any atom is 0.165 e. The van der Waals surface area contributed by atoms with Crippen LogP contribution in [0.2, 0.25) is 0 Å². The molecule has 0 radical (unpaired) electrons. The first-order valence-corrected chi connectivity index (χ1v) is 12.1. The normalized spacial score (nSPS) is 12.4. The average molecular weight is 460 g/mol. The van der Waals surface area contributed by atoms with E-state index in [1.165, 1.54) is 16.5 Å². The van der Waals surface area contributed by atoms with Gasteiger partial charge in [-0.1, -0.05) is 66.7 Å². The fraction of sp³-hybridized carbons (Fsp3) is 0. The number of aromatic nitrogens is 3. The smallest absolute Gasteiger partial charge is 0.165 e. The first-order valence-electron chi connectivity index (χ1n) is 12.1. The number of benzene rings is 5. The van der Waals surface area contributed by atoms with Crippen LogP contribution in [0.4, 0.5) is 0 Å². The quantitative estimate of drug-likeness (QED) is 0.248. The third-order valence-electron chi connectivity index (χ3n) is 7.49. The summed E-state index contributed by atoms with van der Waals surface area (Å²) in [7, 11) is 0. The Labute approximate surface area is 204 Å². The second kappa shape index (κ2) is 6.37. The summed E-state index contributed by atoms with van der Waals surface area (Å²) in [5.74, 6) is 0. The van der Waals surface area contributed by atoms with Crippen molar-refractivity contribution in [1.82, 2.24) is 14.4 Å². The Morgan fingerprint density at radius 1 is 0.528 bits per heavy atom. The van der Waals surface area contributed by atoms with Crippen molar-refractivity contribution < 1.29 is 4.42 Å². The van der Waals surface area contributed by atoms with Gasteiger partial charge in [0.15, 0.2) is 11.2 Å². The molecule has 4 heteroatoms. The minimum absolute atomic E-state index is 0.863. The largest absolute Gasteiger partial charge is 0.454 e. The van der Waals surface area contributed by atoms with Gasteiger partial charge >= 0.3 is 0 Å². The van der Waals surface area contributed by atoms with E-state index in [9.17, 15) is 0 Å². The van der Waals surface area contributed by atoms with Crippen molar-refractivity contribution >= 4 is 71.3 Å². The summed E-state index contributed by atoms with van der Waals surface area (Å²) < 4.78 is 8.78. The monoisotopic (exact) mass is 459 g/mol. The molecule has 4 heterocycles. The van der Waals surface area contributed by atoms with Gasteiger partial charge in [-0.15, -0.1) is 0 Å². The first-order chi connectivity index (χ1) is 17.8. The van der Waals surface area contributed by atoms with Crippen LogP contribution in [0.25, 0.3) is 82.5 Å². The van der Waals surface area contributed by atoms with Gasteiger partial charge in [-0.3, -0.25) is 4.40 Å². The Hall–Kier alpha value is -4.96. The number of rotatable bonds is 1. The fourth-order valence-corrected chi connectivity index (χ4v) is 5.92. The van der Waals surface area contributed by atoms with E-state index >= 15 is 0 Å². The van der Waals surface area contributed by atoms with Crippen LogP contribution in [0.5, 0.6) is 0 Å². The van der Waals surface area contributed by atoms with Crippen LogP contribution < -0.4 is 0 Å². The van der Waals surface area contributed by atoms with E-state index in [1.807, 2.05) is 36.4 Å². The molecule has 0 aliphatic carbocycles. The highest BCUT2D eigenvalue weighted by Crippen LogP contribution is 2.44. The van der Waals surface area contributed by atoms with Crippen molar-refractivity contribution in [3.63, 3.8) is 0 Å². The van der Waals surface area contributed by atoms with E-state index < -0.39 is 0 Å². The van der Waals surface area contributed by atoms with Gasteiger partial charge in [0.1, 0.15) is 11.1 Å². The molecule has 0 N–H and O–H groups in total. The Bertz CT molecular complexity index is 2310. The number of furan rings is 1. The van der Waals surface area contributed by atoms with Crippen molar-refractivity contribution in [3.8, 4) is 11.1 Å². The summed E-state index contributed by atoms with van der Waals surface area (Å²) in [4.78, 5) is 10.3. The molecule has 0 aliphatic rings. The fourth-order valence-electron chi connectivity index (χ4n) is 5.92. The van der Waals surface area contributed by atoms with E-state index in [0.717, 1.165) is 65.9 Å². The minimum Gasteiger partial charge on any atom is -0.454 e. The molecular weight excluding hydrogens is 442 g/mol. The zero-order chi connectivity index (χ0) is 23.4. The molecule has 0 amide bonds. The number of para-hydroxylation sites is 3.